The van der Waals surface area contributed by atoms with Crippen LogP contribution in [-0.2, 0) is 11.2 Å². The number of piperidine rings is 1. The molecule has 1 amide bonds. The largest absolute Gasteiger partial charge is 0.454 e. The minimum Gasteiger partial charge on any atom is -0.454 e. The summed E-state index contributed by atoms with van der Waals surface area (Å²) in [6.07, 6.45) is 2.68. The molecule has 3 heterocycles. The number of ether oxygens (including phenoxy) is 2. The molecular formula is C23H22FN3O4. The lowest BCUT2D eigenvalue weighted by Crippen LogP contribution is -2.38. The van der Waals surface area contributed by atoms with Crippen LogP contribution in [0, 0.1) is 5.82 Å². The molecule has 1 saturated heterocycles. The van der Waals surface area contributed by atoms with E-state index in [0.717, 1.165) is 29.9 Å². The van der Waals surface area contributed by atoms with Crippen molar-refractivity contribution in [2.75, 3.05) is 19.9 Å². The Bertz CT molecular complexity index is 1070. The first kappa shape index (κ1) is 19.5. The second-order valence-electron chi connectivity index (χ2n) is 7.81. The Labute approximate surface area is 178 Å². The lowest BCUT2D eigenvalue weighted by Gasteiger charge is -2.30. The van der Waals surface area contributed by atoms with E-state index in [-0.39, 0.29) is 24.4 Å². The van der Waals surface area contributed by atoms with E-state index < -0.39 is 0 Å². The highest BCUT2D eigenvalue weighted by molar-refractivity contribution is 5.76. The van der Waals surface area contributed by atoms with Crippen molar-refractivity contribution in [3.63, 3.8) is 0 Å². The predicted molar refractivity (Wildman–Crippen MR) is 109 cm³/mol. The SMILES string of the molecule is O=C(CCc1ccc2c(c1)OCO2)N1CCC(c2nc(-c3ccc(F)cc3)no2)CC1. The first-order chi connectivity index (χ1) is 15.2. The van der Waals surface area contributed by atoms with Crippen LogP contribution in [0.3, 0.4) is 0 Å². The topological polar surface area (TPSA) is 77.7 Å². The average Bonchev–Trinajstić information content (AvgIpc) is 3.47. The van der Waals surface area contributed by atoms with Crippen LogP contribution < -0.4 is 9.47 Å². The summed E-state index contributed by atoms with van der Waals surface area (Å²) in [6, 6.07) is 11.8. The van der Waals surface area contributed by atoms with Gasteiger partial charge in [0.25, 0.3) is 0 Å². The molecule has 3 aromatic rings. The van der Waals surface area contributed by atoms with E-state index in [4.69, 9.17) is 14.0 Å². The monoisotopic (exact) mass is 423 g/mol. The van der Waals surface area contributed by atoms with Gasteiger partial charge >= 0.3 is 0 Å². The Morgan fingerprint density at radius 2 is 1.84 bits per heavy atom. The van der Waals surface area contributed by atoms with Crippen molar-refractivity contribution in [1.29, 1.82) is 0 Å². The summed E-state index contributed by atoms with van der Waals surface area (Å²) in [5, 5.41) is 4.02. The lowest BCUT2D eigenvalue weighted by atomic mass is 9.96. The van der Waals surface area contributed by atoms with E-state index in [9.17, 15) is 9.18 Å². The van der Waals surface area contributed by atoms with Crippen molar-refractivity contribution in [2.24, 2.45) is 0 Å². The number of rotatable bonds is 5. The normalized spacial score (nSPS) is 16.0. The number of nitrogens with zero attached hydrogens (tertiary/aromatic N) is 3. The average molecular weight is 423 g/mol. The number of hydrogen-bond donors (Lipinski definition) is 0. The second-order valence-corrected chi connectivity index (χ2v) is 7.81. The van der Waals surface area contributed by atoms with Gasteiger partial charge in [0.15, 0.2) is 11.5 Å². The number of hydrogen-bond acceptors (Lipinski definition) is 6. The molecule has 0 spiro atoms. The molecule has 0 atom stereocenters. The minimum absolute atomic E-state index is 0.125. The summed E-state index contributed by atoms with van der Waals surface area (Å²) in [5.41, 5.74) is 1.78. The fourth-order valence-electron chi connectivity index (χ4n) is 4.00. The van der Waals surface area contributed by atoms with Gasteiger partial charge in [0.2, 0.25) is 24.4 Å². The maximum absolute atomic E-state index is 13.1. The van der Waals surface area contributed by atoms with Gasteiger partial charge in [0, 0.05) is 31.0 Å². The third kappa shape index (κ3) is 4.23. The van der Waals surface area contributed by atoms with Crippen LogP contribution in [0.25, 0.3) is 11.4 Å². The fraction of sp³-hybridized carbons (Fsp3) is 0.348. The van der Waals surface area contributed by atoms with Gasteiger partial charge in [0.1, 0.15) is 5.82 Å². The second kappa shape index (κ2) is 8.37. The highest BCUT2D eigenvalue weighted by Crippen LogP contribution is 2.33. The van der Waals surface area contributed by atoms with Crippen LogP contribution in [0.15, 0.2) is 47.0 Å². The number of aryl methyl sites for hydroxylation is 1. The van der Waals surface area contributed by atoms with Crippen LogP contribution in [-0.4, -0.2) is 40.8 Å². The molecule has 7 nitrogen and oxygen atoms in total. The molecule has 1 fully saturated rings. The molecule has 2 aliphatic heterocycles. The molecule has 0 bridgehead atoms. The molecule has 0 aliphatic carbocycles. The molecule has 0 unspecified atom stereocenters. The Kier molecular flexibility index (Phi) is 5.28. The lowest BCUT2D eigenvalue weighted by molar-refractivity contribution is -0.132. The van der Waals surface area contributed by atoms with Crippen molar-refractivity contribution in [2.45, 2.75) is 31.6 Å². The van der Waals surface area contributed by atoms with Gasteiger partial charge in [-0.2, -0.15) is 4.98 Å². The van der Waals surface area contributed by atoms with Gasteiger partial charge in [-0.3, -0.25) is 4.79 Å². The Balaban J connectivity index is 1.13. The molecule has 5 rings (SSSR count). The Morgan fingerprint density at radius 3 is 2.65 bits per heavy atom. The quantitative estimate of drug-likeness (QED) is 0.619. The Morgan fingerprint density at radius 1 is 1.06 bits per heavy atom. The van der Waals surface area contributed by atoms with Crippen LogP contribution in [0.5, 0.6) is 11.5 Å². The molecule has 0 saturated carbocycles. The van der Waals surface area contributed by atoms with Crippen molar-refractivity contribution in [3.05, 3.63) is 59.7 Å². The van der Waals surface area contributed by atoms with Gasteiger partial charge in [0.05, 0.1) is 0 Å². The van der Waals surface area contributed by atoms with Crippen molar-refractivity contribution >= 4 is 5.91 Å². The summed E-state index contributed by atoms with van der Waals surface area (Å²) in [4.78, 5) is 19.0. The van der Waals surface area contributed by atoms with Crippen molar-refractivity contribution in [1.82, 2.24) is 15.0 Å². The van der Waals surface area contributed by atoms with Crippen LogP contribution in [0.2, 0.25) is 0 Å². The number of carbonyl (C=O) groups excluding carboxylic acids is 1. The van der Waals surface area contributed by atoms with E-state index in [1.807, 2.05) is 23.1 Å². The van der Waals surface area contributed by atoms with Gasteiger partial charge in [-0.25, -0.2) is 4.39 Å². The smallest absolute Gasteiger partial charge is 0.231 e. The third-order valence-corrected chi connectivity index (χ3v) is 5.81. The number of carbonyl (C=O) groups is 1. The zero-order valence-electron chi connectivity index (χ0n) is 16.9. The van der Waals surface area contributed by atoms with Gasteiger partial charge in [-0.15, -0.1) is 0 Å². The number of amides is 1. The summed E-state index contributed by atoms with van der Waals surface area (Å²) in [6.45, 7) is 1.58. The molecular weight excluding hydrogens is 401 g/mol. The number of fused-ring (bicyclic) bond motifs is 1. The van der Waals surface area contributed by atoms with Gasteiger partial charge in [-0.1, -0.05) is 11.2 Å². The van der Waals surface area contributed by atoms with Crippen LogP contribution in [0.4, 0.5) is 4.39 Å². The van der Waals surface area contributed by atoms with Crippen molar-refractivity contribution < 1.29 is 23.2 Å². The van der Waals surface area contributed by atoms with Crippen LogP contribution in [0.1, 0.15) is 36.6 Å². The minimum atomic E-state index is -0.303. The number of likely N-dealkylation sites (tertiary alicyclic amines) is 1. The molecule has 160 valence electrons. The van der Waals surface area contributed by atoms with Gasteiger partial charge < -0.3 is 18.9 Å². The van der Waals surface area contributed by atoms with E-state index >= 15 is 0 Å². The Hall–Kier alpha value is -3.42. The maximum atomic E-state index is 13.1. The standard InChI is InChI=1S/C23H22FN3O4/c24-18-5-3-16(4-6-18)22-25-23(31-26-22)17-9-11-27(12-10-17)21(28)8-2-15-1-7-19-20(13-15)30-14-29-19/h1,3-7,13,17H,2,8-12,14H2. The molecule has 2 aromatic carbocycles. The summed E-state index contributed by atoms with van der Waals surface area (Å²) in [7, 11) is 0. The molecule has 2 aliphatic rings. The molecule has 31 heavy (non-hydrogen) atoms. The fourth-order valence-corrected chi connectivity index (χ4v) is 4.00. The highest BCUT2D eigenvalue weighted by atomic mass is 19.1. The molecule has 8 heteroatoms. The van der Waals surface area contributed by atoms with Crippen molar-refractivity contribution in [3.8, 4) is 22.9 Å². The maximum Gasteiger partial charge on any atom is 0.231 e. The third-order valence-electron chi connectivity index (χ3n) is 5.81. The number of aromatic nitrogens is 2. The first-order valence-corrected chi connectivity index (χ1v) is 10.4. The van der Waals surface area contributed by atoms with E-state index in [0.29, 0.717) is 43.2 Å². The van der Waals surface area contributed by atoms with Gasteiger partial charge in [-0.05, 0) is 61.2 Å². The molecule has 0 radical (unpaired) electrons. The van der Waals surface area contributed by atoms with E-state index in [1.165, 1.54) is 12.1 Å². The molecule has 0 N–H and O–H groups in total. The zero-order chi connectivity index (χ0) is 21.2. The molecule has 1 aromatic heterocycles. The first-order valence-electron chi connectivity index (χ1n) is 10.4. The number of halogens is 1. The summed E-state index contributed by atoms with van der Waals surface area (Å²) in [5.74, 6) is 2.49. The highest BCUT2D eigenvalue weighted by Gasteiger charge is 2.27. The van der Waals surface area contributed by atoms with Crippen LogP contribution >= 0.6 is 0 Å². The summed E-state index contributed by atoms with van der Waals surface area (Å²) >= 11 is 0. The predicted octanol–water partition coefficient (Wildman–Crippen LogP) is 3.94. The summed E-state index contributed by atoms with van der Waals surface area (Å²) < 4.78 is 29.3. The van der Waals surface area contributed by atoms with E-state index in [2.05, 4.69) is 10.1 Å². The number of benzene rings is 2. The van der Waals surface area contributed by atoms with E-state index in [1.54, 1.807) is 12.1 Å². The zero-order valence-corrected chi connectivity index (χ0v) is 16.9.